The Balaban J connectivity index is 1.98. The van der Waals surface area contributed by atoms with Crippen LogP contribution >= 0.6 is 0 Å². The fourth-order valence-electron chi connectivity index (χ4n) is 2.33. The van der Waals surface area contributed by atoms with Crippen molar-refractivity contribution in [3.05, 3.63) is 0 Å². The first kappa shape index (κ1) is 9.44. The second-order valence-corrected chi connectivity index (χ2v) is 4.19. The highest BCUT2D eigenvalue weighted by atomic mass is 16.7. The monoisotopic (exact) mass is 186 g/mol. The zero-order valence-electron chi connectivity index (χ0n) is 8.16. The third kappa shape index (κ3) is 1.87. The molecule has 1 spiro atoms. The van der Waals surface area contributed by atoms with Crippen LogP contribution in [0.3, 0.4) is 0 Å². The van der Waals surface area contributed by atoms with E-state index in [0.29, 0.717) is 6.10 Å². The molecule has 0 aliphatic carbocycles. The van der Waals surface area contributed by atoms with Crippen LogP contribution in [0, 0.1) is 0 Å². The first-order valence-corrected chi connectivity index (χ1v) is 5.21. The third-order valence-electron chi connectivity index (χ3n) is 3.02. The number of rotatable bonds is 1. The van der Waals surface area contributed by atoms with Gasteiger partial charge in [0.2, 0.25) is 0 Å². The maximum atomic E-state index is 9.02. The molecule has 3 nitrogen and oxygen atoms in total. The Morgan fingerprint density at radius 2 is 2.15 bits per heavy atom. The zero-order valence-corrected chi connectivity index (χ0v) is 8.16. The summed E-state index contributed by atoms with van der Waals surface area (Å²) in [5, 5.41) is 9.02. The molecule has 3 atom stereocenters. The Bertz CT molecular complexity index is 179. The van der Waals surface area contributed by atoms with E-state index in [4.69, 9.17) is 14.6 Å². The Hall–Kier alpha value is -0.120. The molecule has 2 rings (SSSR count). The molecule has 2 saturated heterocycles. The van der Waals surface area contributed by atoms with E-state index in [-0.39, 0.29) is 18.5 Å². The smallest absolute Gasteiger partial charge is 0.169 e. The molecule has 13 heavy (non-hydrogen) atoms. The van der Waals surface area contributed by atoms with Gasteiger partial charge in [0, 0.05) is 12.8 Å². The highest BCUT2D eigenvalue weighted by Crippen LogP contribution is 2.40. The van der Waals surface area contributed by atoms with Crippen molar-refractivity contribution in [1.82, 2.24) is 0 Å². The Morgan fingerprint density at radius 3 is 2.77 bits per heavy atom. The van der Waals surface area contributed by atoms with E-state index >= 15 is 0 Å². The van der Waals surface area contributed by atoms with Gasteiger partial charge in [0.15, 0.2) is 5.79 Å². The predicted octanol–water partition coefficient (Wildman–Crippen LogP) is 1.44. The molecule has 0 aromatic carbocycles. The van der Waals surface area contributed by atoms with Gasteiger partial charge in [-0.05, 0) is 26.2 Å². The van der Waals surface area contributed by atoms with E-state index in [1.807, 2.05) is 0 Å². The van der Waals surface area contributed by atoms with Crippen LogP contribution in [-0.4, -0.2) is 29.7 Å². The maximum absolute atomic E-state index is 9.02. The molecular formula is C10H18O3. The van der Waals surface area contributed by atoms with Crippen molar-refractivity contribution in [2.75, 3.05) is 6.61 Å². The standard InChI is InChI=1S/C10H18O3/c1-8-4-6-10(12-8)5-2-3-9(7-11)13-10/h8-9,11H,2-7H2,1H3/t8-,9+,10-/m0/s1. The van der Waals surface area contributed by atoms with Crippen LogP contribution in [-0.2, 0) is 9.47 Å². The summed E-state index contributed by atoms with van der Waals surface area (Å²) >= 11 is 0. The van der Waals surface area contributed by atoms with Gasteiger partial charge in [-0.25, -0.2) is 0 Å². The summed E-state index contributed by atoms with van der Waals surface area (Å²) in [6, 6.07) is 0. The molecule has 2 aliphatic heterocycles. The van der Waals surface area contributed by atoms with Crippen LogP contribution in [0.15, 0.2) is 0 Å². The van der Waals surface area contributed by atoms with Gasteiger partial charge in [0.25, 0.3) is 0 Å². The van der Waals surface area contributed by atoms with Crippen molar-refractivity contribution in [3.63, 3.8) is 0 Å². The zero-order chi connectivity index (χ0) is 9.31. The van der Waals surface area contributed by atoms with Gasteiger partial charge >= 0.3 is 0 Å². The van der Waals surface area contributed by atoms with Gasteiger partial charge in [-0.3, -0.25) is 0 Å². The molecule has 2 fully saturated rings. The maximum Gasteiger partial charge on any atom is 0.169 e. The van der Waals surface area contributed by atoms with Gasteiger partial charge in [0.05, 0.1) is 18.8 Å². The molecule has 0 radical (unpaired) electrons. The SMILES string of the molecule is C[C@H]1CC[C@@]2(CCC[C@H](CO)O2)O1. The molecule has 2 aliphatic rings. The van der Waals surface area contributed by atoms with E-state index < -0.39 is 0 Å². The fourth-order valence-corrected chi connectivity index (χ4v) is 2.33. The van der Waals surface area contributed by atoms with Crippen LogP contribution in [0.4, 0.5) is 0 Å². The summed E-state index contributed by atoms with van der Waals surface area (Å²) in [4.78, 5) is 0. The molecular weight excluding hydrogens is 168 g/mol. The van der Waals surface area contributed by atoms with E-state index in [0.717, 1.165) is 32.1 Å². The van der Waals surface area contributed by atoms with Crippen LogP contribution in [0.25, 0.3) is 0 Å². The van der Waals surface area contributed by atoms with Crippen LogP contribution in [0.2, 0.25) is 0 Å². The number of hydrogen-bond acceptors (Lipinski definition) is 3. The van der Waals surface area contributed by atoms with Crippen molar-refractivity contribution in [2.45, 2.75) is 57.0 Å². The van der Waals surface area contributed by atoms with Crippen molar-refractivity contribution in [1.29, 1.82) is 0 Å². The quantitative estimate of drug-likeness (QED) is 0.673. The largest absolute Gasteiger partial charge is 0.394 e. The van der Waals surface area contributed by atoms with Crippen LogP contribution in [0.5, 0.6) is 0 Å². The average molecular weight is 186 g/mol. The van der Waals surface area contributed by atoms with Gasteiger partial charge in [-0.1, -0.05) is 0 Å². The van der Waals surface area contributed by atoms with Crippen molar-refractivity contribution < 1.29 is 14.6 Å². The second kappa shape index (κ2) is 3.56. The third-order valence-corrected chi connectivity index (χ3v) is 3.02. The molecule has 1 N–H and O–H groups in total. The Morgan fingerprint density at radius 1 is 1.31 bits per heavy atom. The van der Waals surface area contributed by atoms with Crippen molar-refractivity contribution in [3.8, 4) is 0 Å². The predicted molar refractivity (Wildman–Crippen MR) is 48.3 cm³/mol. The number of aliphatic hydroxyl groups excluding tert-OH is 1. The lowest BCUT2D eigenvalue weighted by molar-refractivity contribution is -0.272. The minimum Gasteiger partial charge on any atom is -0.394 e. The minimum absolute atomic E-state index is 0.000880. The van der Waals surface area contributed by atoms with E-state index in [1.54, 1.807) is 0 Å². The van der Waals surface area contributed by atoms with E-state index in [9.17, 15) is 0 Å². The lowest BCUT2D eigenvalue weighted by Crippen LogP contribution is -2.41. The molecule has 0 unspecified atom stereocenters. The van der Waals surface area contributed by atoms with Gasteiger partial charge in [0.1, 0.15) is 0 Å². The number of hydrogen-bond donors (Lipinski definition) is 1. The molecule has 0 amide bonds. The fraction of sp³-hybridized carbons (Fsp3) is 1.00. The summed E-state index contributed by atoms with van der Waals surface area (Å²) < 4.78 is 11.6. The molecule has 2 heterocycles. The highest BCUT2D eigenvalue weighted by molar-refractivity contribution is 4.84. The topological polar surface area (TPSA) is 38.7 Å². The first-order valence-electron chi connectivity index (χ1n) is 5.21. The lowest BCUT2D eigenvalue weighted by atomic mass is 9.99. The van der Waals surface area contributed by atoms with Crippen LogP contribution < -0.4 is 0 Å². The Labute approximate surface area is 79.0 Å². The first-order chi connectivity index (χ1) is 6.24. The van der Waals surface area contributed by atoms with Crippen molar-refractivity contribution >= 4 is 0 Å². The van der Waals surface area contributed by atoms with Gasteiger partial charge in [-0.2, -0.15) is 0 Å². The molecule has 0 aromatic rings. The summed E-state index contributed by atoms with van der Waals surface area (Å²) in [7, 11) is 0. The minimum atomic E-state index is -0.342. The molecule has 3 heteroatoms. The summed E-state index contributed by atoms with van der Waals surface area (Å²) in [6.07, 6.45) is 5.46. The number of ether oxygens (including phenoxy) is 2. The normalized spacial score (nSPS) is 45.7. The molecule has 0 bridgehead atoms. The van der Waals surface area contributed by atoms with E-state index in [2.05, 4.69) is 6.92 Å². The second-order valence-electron chi connectivity index (χ2n) is 4.19. The summed E-state index contributed by atoms with van der Waals surface area (Å²) in [5.41, 5.74) is 0. The van der Waals surface area contributed by atoms with Gasteiger partial charge < -0.3 is 14.6 Å². The molecule has 0 aromatic heterocycles. The average Bonchev–Trinajstić information content (AvgIpc) is 2.47. The molecule has 76 valence electrons. The Kier molecular flexibility index (Phi) is 2.58. The summed E-state index contributed by atoms with van der Waals surface area (Å²) in [5.74, 6) is -0.342. The summed E-state index contributed by atoms with van der Waals surface area (Å²) in [6.45, 7) is 2.21. The number of aliphatic hydroxyl groups is 1. The lowest BCUT2D eigenvalue weighted by Gasteiger charge is -2.37. The van der Waals surface area contributed by atoms with Crippen LogP contribution in [0.1, 0.15) is 39.0 Å². The van der Waals surface area contributed by atoms with Gasteiger partial charge in [-0.15, -0.1) is 0 Å². The van der Waals surface area contributed by atoms with Crippen molar-refractivity contribution in [2.24, 2.45) is 0 Å². The highest BCUT2D eigenvalue weighted by Gasteiger charge is 2.43. The van der Waals surface area contributed by atoms with E-state index in [1.165, 1.54) is 0 Å². The molecule has 0 saturated carbocycles.